The summed E-state index contributed by atoms with van der Waals surface area (Å²) in [6.45, 7) is 6.05. The molecule has 2 N–H and O–H groups in total. The van der Waals surface area contributed by atoms with Crippen molar-refractivity contribution < 1.29 is 14.3 Å². The highest BCUT2D eigenvalue weighted by Gasteiger charge is 2.03. The number of aliphatic imine (C=N–C) groups is 1. The van der Waals surface area contributed by atoms with Crippen molar-refractivity contribution >= 4 is 17.8 Å². The number of hydrogen-bond donors (Lipinski definition) is 2. The number of nitrogens with zero attached hydrogens (tertiary/aromatic N) is 1. The molecule has 0 fully saturated rings. The van der Waals surface area contributed by atoms with E-state index in [9.17, 15) is 9.59 Å². The Labute approximate surface area is 178 Å². The fraction of sp³-hybridized carbons (Fsp3) is 0.375. The highest BCUT2D eigenvalue weighted by molar-refractivity contribution is 6.03. The number of rotatable bonds is 9. The van der Waals surface area contributed by atoms with Gasteiger partial charge < -0.3 is 4.74 Å². The third kappa shape index (κ3) is 8.90. The van der Waals surface area contributed by atoms with Gasteiger partial charge in [0, 0.05) is 20.4 Å². The molecule has 0 aliphatic rings. The van der Waals surface area contributed by atoms with E-state index >= 15 is 0 Å². The first-order valence-electron chi connectivity index (χ1n) is 10.3. The summed E-state index contributed by atoms with van der Waals surface area (Å²) in [4.78, 5) is 26.6. The van der Waals surface area contributed by atoms with E-state index in [1.807, 2.05) is 24.3 Å². The number of guanidine groups is 1. The Morgan fingerprint density at radius 1 is 0.900 bits per heavy atom. The normalized spacial score (nSPS) is 10.2. The number of amides is 2. The highest BCUT2D eigenvalue weighted by atomic mass is 16.5. The van der Waals surface area contributed by atoms with Crippen molar-refractivity contribution in [3.05, 3.63) is 65.2 Å². The number of unbranched alkanes of at least 4 members (excludes halogenated alkanes) is 1. The van der Waals surface area contributed by atoms with Gasteiger partial charge in [-0.1, -0.05) is 36.4 Å². The van der Waals surface area contributed by atoms with Crippen LogP contribution in [-0.4, -0.2) is 30.9 Å². The Morgan fingerprint density at radius 2 is 1.57 bits per heavy atom. The molecule has 6 heteroatoms. The molecule has 0 unspecified atom stereocenters. The number of aryl methyl sites for hydroxylation is 2. The molecule has 0 radical (unpaired) electrons. The van der Waals surface area contributed by atoms with Crippen molar-refractivity contribution in [1.82, 2.24) is 10.6 Å². The number of ether oxygens (including phenoxy) is 1. The molecule has 0 spiro atoms. The van der Waals surface area contributed by atoms with E-state index in [1.165, 1.54) is 25.0 Å². The van der Waals surface area contributed by atoms with Gasteiger partial charge in [-0.25, -0.2) is 0 Å². The van der Waals surface area contributed by atoms with Crippen LogP contribution in [0.3, 0.4) is 0 Å². The topological polar surface area (TPSA) is 79.8 Å². The third-order valence-corrected chi connectivity index (χ3v) is 4.55. The molecule has 0 aliphatic carbocycles. The van der Waals surface area contributed by atoms with E-state index in [1.54, 1.807) is 0 Å². The fourth-order valence-corrected chi connectivity index (χ4v) is 2.99. The Bertz CT molecular complexity index is 842. The lowest BCUT2D eigenvalue weighted by atomic mass is 10.0. The maximum absolute atomic E-state index is 11.2. The SMILES string of the molecule is CC(=O)NC(=NCCc1ccc(OCCCCc2ccccc2C)cc1)NC(C)=O. The summed E-state index contributed by atoms with van der Waals surface area (Å²) < 4.78 is 5.84. The lowest BCUT2D eigenvalue weighted by molar-refractivity contribution is -0.117. The average molecular weight is 410 g/mol. The van der Waals surface area contributed by atoms with Crippen LogP contribution in [0.1, 0.15) is 43.4 Å². The molecule has 0 aliphatic heterocycles. The van der Waals surface area contributed by atoms with Gasteiger partial charge in [-0.2, -0.15) is 0 Å². The van der Waals surface area contributed by atoms with Crippen molar-refractivity contribution in [2.75, 3.05) is 13.2 Å². The van der Waals surface area contributed by atoms with Crippen LogP contribution >= 0.6 is 0 Å². The zero-order chi connectivity index (χ0) is 21.8. The molecule has 160 valence electrons. The molecule has 2 rings (SSSR count). The summed E-state index contributed by atoms with van der Waals surface area (Å²) in [5.74, 6) is 0.488. The van der Waals surface area contributed by atoms with Crippen molar-refractivity contribution in [3.63, 3.8) is 0 Å². The molecular formula is C24H31N3O3. The summed E-state index contributed by atoms with van der Waals surface area (Å²) in [5, 5.41) is 5.03. The van der Waals surface area contributed by atoms with Crippen LogP contribution in [0.5, 0.6) is 5.75 Å². The summed E-state index contributed by atoms with van der Waals surface area (Å²) in [7, 11) is 0. The van der Waals surface area contributed by atoms with E-state index in [0.29, 0.717) is 19.6 Å². The molecule has 6 nitrogen and oxygen atoms in total. The molecular weight excluding hydrogens is 378 g/mol. The first-order chi connectivity index (χ1) is 14.4. The second-order valence-electron chi connectivity index (χ2n) is 7.22. The van der Waals surface area contributed by atoms with Crippen LogP contribution in [0, 0.1) is 6.92 Å². The van der Waals surface area contributed by atoms with E-state index in [2.05, 4.69) is 46.8 Å². The number of carbonyl (C=O) groups excluding carboxylic acids is 2. The Hall–Kier alpha value is -3.15. The lowest BCUT2D eigenvalue weighted by Gasteiger charge is -2.09. The monoisotopic (exact) mass is 409 g/mol. The van der Waals surface area contributed by atoms with Crippen LogP contribution in [0.15, 0.2) is 53.5 Å². The van der Waals surface area contributed by atoms with E-state index in [-0.39, 0.29) is 17.8 Å². The van der Waals surface area contributed by atoms with Crippen molar-refractivity contribution in [3.8, 4) is 5.75 Å². The predicted octanol–water partition coefficient (Wildman–Crippen LogP) is 3.57. The molecule has 0 saturated heterocycles. The molecule has 0 saturated carbocycles. The van der Waals surface area contributed by atoms with Crippen molar-refractivity contribution in [2.45, 2.75) is 46.5 Å². The molecule has 0 aromatic heterocycles. The maximum Gasteiger partial charge on any atom is 0.223 e. The number of carbonyl (C=O) groups is 2. The molecule has 2 amide bonds. The maximum atomic E-state index is 11.2. The molecule has 0 atom stereocenters. The first kappa shape index (κ1) is 23.1. The summed E-state index contributed by atoms with van der Waals surface area (Å²) in [5.41, 5.74) is 3.86. The van der Waals surface area contributed by atoms with Gasteiger partial charge >= 0.3 is 0 Å². The van der Waals surface area contributed by atoms with E-state index in [0.717, 1.165) is 30.6 Å². The Morgan fingerprint density at radius 3 is 2.20 bits per heavy atom. The van der Waals surface area contributed by atoms with Gasteiger partial charge in [-0.05, 0) is 61.4 Å². The number of benzene rings is 2. The van der Waals surface area contributed by atoms with Crippen LogP contribution in [0.4, 0.5) is 0 Å². The van der Waals surface area contributed by atoms with Gasteiger partial charge in [-0.3, -0.25) is 25.2 Å². The predicted molar refractivity (Wildman–Crippen MR) is 120 cm³/mol. The van der Waals surface area contributed by atoms with Gasteiger partial charge in [0.05, 0.1) is 6.61 Å². The Balaban J connectivity index is 1.71. The number of nitrogens with one attached hydrogen (secondary N) is 2. The minimum atomic E-state index is -0.275. The zero-order valence-electron chi connectivity index (χ0n) is 18.0. The third-order valence-electron chi connectivity index (χ3n) is 4.55. The largest absolute Gasteiger partial charge is 0.494 e. The van der Waals surface area contributed by atoms with Gasteiger partial charge in [0.25, 0.3) is 0 Å². The summed E-state index contributed by atoms with van der Waals surface area (Å²) >= 11 is 0. The minimum Gasteiger partial charge on any atom is -0.494 e. The summed E-state index contributed by atoms with van der Waals surface area (Å²) in [6, 6.07) is 16.4. The van der Waals surface area contributed by atoms with Gasteiger partial charge in [0.1, 0.15) is 5.75 Å². The standard InChI is InChI=1S/C24H31N3O3/c1-18-8-4-5-9-22(18)10-6-7-17-30-23-13-11-21(12-14-23)15-16-25-24(26-19(2)28)27-20(3)29/h4-5,8-9,11-14H,6-7,10,15-17H2,1-3H3,(H2,25,26,27,28,29). The van der Waals surface area contributed by atoms with E-state index in [4.69, 9.17) is 4.74 Å². The average Bonchev–Trinajstić information content (AvgIpc) is 2.69. The lowest BCUT2D eigenvalue weighted by Crippen LogP contribution is -2.42. The summed E-state index contributed by atoms with van der Waals surface area (Å²) in [6.07, 6.45) is 3.89. The van der Waals surface area contributed by atoms with Gasteiger partial charge in [0.2, 0.25) is 17.8 Å². The van der Waals surface area contributed by atoms with Crippen LogP contribution in [0.25, 0.3) is 0 Å². The fourth-order valence-electron chi connectivity index (χ4n) is 2.99. The van der Waals surface area contributed by atoms with E-state index < -0.39 is 0 Å². The van der Waals surface area contributed by atoms with Gasteiger partial charge in [0.15, 0.2) is 0 Å². The smallest absolute Gasteiger partial charge is 0.223 e. The van der Waals surface area contributed by atoms with Crippen LogP contribution in [-0.2, 0) is 22.4 Å². The number of hydrogen-bond acceptors (Lipinski definition) is 4. The minimum absolute atomic E-state index is 0.181. The zero-order valence-corrected chi connectivity index (χ0v) is 18.0. The molecule has 2 aromatic carbocycles. The van der Waals surface area contributed by atoms with Gasteiger partial charge in [-0.15, -0.1) is 0 Å². The van der Waals surface area contributed by atoms with Crippen molar-refractivity contribution in [2.24, 2.45) is 4.99 Å². The molecule has 0 bridgehead atoms. The molecule has 2 aromatic rings. The molecule has 0 heterocycles. The highest BCUT2D eigenvalue weighted by Crippen LogP contribution is 2.14. The van der Waals surface area contributed by atoms with Crippen LogP contribution < -0.4 is 15.4 Å². The quantitative estimate of drug-likeness (QED) is 0.377. The second-order valence-corrected chi connectivity index (χ2v) is 7.22. The first-order valence-corrected chi connectivity index (χ1v) is 10.3. The Kier molecular flexibility index (Phi) is 9.58. The van der Waals surface area contributed by atoms with Crippen LogP contribution in [0.2, 0.25) is 0 Å². The van der Waals surface area contributed by atoms with Crippen molar-refractivity contribution in [1.29, 1.82) is 0 Å². The second kappa shape index (κ2) is 12.4. The molecule has 30 heavy (non-hydrogen) atoms.